The number of amides is 1. The molecule has 3 rings (SSSR count). The van der Waals surface area contributed by atoms with Crippen molar-refractivity contribution in [2.45, 2.75) is 38.5 Å². The molecule has 1 aliphatic heterocycles. The van der Waals surface area contributed by atoms with E-state index in [0.29, 0.717) is 5.56 Å². The zero-order chi connectivity index (χ0) is 18.9. The van der Waals surface area contributed by atoms with Crippen molar-refractivity contribution in [3.63, 3.8) is 0 Å². The SMILES string of the molecule is CC(C)CCC1(C(F)(F)F)OC(=O)Nc2ccc(-c3ccccc3)cc21. The zero-order valence-corrected chi connectivity index (χ0v) is 14.6. The summed E-state index contributed by atoms with van der Waals surface area (Å²) >= 11 is 0. The van der Waals surface area contributed by atoms with Crippen LogP contribution in [-0.4, -0.2) is 12.3 Å². The maximum Gasteiger partial charge on any atom is 0.432 e. The molecule has 6 heteroatoms. The molecular formula is C20H20F3NO2. The van der Waals surface area contributed by atoms with Gasteiger partial charge in [0.1, 0.15) is 0 Å². The average Bonchev–Trinajstić information content (AvgIpc) is 2.59. The zero-order valence-electron chi connectivity index (χ0n) is 14.6. The van der Waals surface area contributed by atoms with Crippen LogP contribution in [0.25, 0.3) is 11.1 Å². The molecule has 2 aromatic carbocycles. The van der Waals surface area contributed by atoms with Crippen LogP contribution in [0.3, 0.4) is 0 Å². The topological polar surface area (TPSA) is 38.3 Å². The van der Waals surface area contributed by atoms with Gasteiger partial charge >= 0.3 is 12.3 Å². The Labute approximate surface area is 150 Å². The van der Waals surface area contributed by atoms with Crippen LogP contribution < -0.4 is 5.32 Å². The van der Waals surface area contributed by atoms with Gasteiger partial charge in [-0.1, -0.05) is 50.2 Å². The number of benzene rings is 2. The molecule has 0 fully saturated rings. The van der Waals surface area contributed by atoms with Gasteiger partial charge in [0.05, 0.1) is 5.69 Å². The van der Waals surface area contributed by atoms with E-state index in [1.807, 2.05) is 44.2 Å². The third-order valence-corrected chi connectivity index (χ3v) is 4.60. The van der Waals surface area contributed by atoms with Crippen LogP contribution in [0.5, 0.6) is 0 Å². The molecule has 1 amide bonds. The van der Waals surface area contributed by atoms with Crippen LogP contribution in [-0.2, 0) is 10.3 Å². The lowest BCUT2D eigenvalue weighted by Crippen LogP contribution is -2.50. The highest BCUT2D eigenvalue weighted by atomic mass is 19.4. The smallest absolute Gasteiger partial charge is 0.428 e. The lowest BCUT2D eigenvalue weighted by Gasteiger charge is -2.40. The quantitative estimate of drug-likeness (QED) is 0.712. The molecule has 2 aromatic rings. The summed E-state index contributed by atoms with van der Waals surface area (Å²) < 4.78 is 47.3. The van der Waals surface area contributed by atoms with Gasteiger partial charge in [0.2, 0.25) is 5.60 Å². The predicted molar refractivity (Wildman–Crippen MR) is 93.8 cm³/mol. The third kappa shape index (κ3) is 3.28. The monoisotopic (exact) mass is 363 g/mol. The van der Waals surface area contributed by atoms with E-state index in [-0.39, 0.29) is 30.0 Å². The van der Waals surface area contributed by atoms with E-state index in [9.17, 15) is 18.0 Å². The molecule has 1 unspecified atom stereocenters. The summed E-state index contributed by atoms with van der Waals surface area (Å²) in [6, 6.07) is 13.8. The molecule has 0 spiro atoms. The Morgan fingerprint density at radius 1 is 1.08 bits per heavy atom. The number of hydrogen-bond donors (Lipinski definition) is 1. The van der Waals surface area contributed by atoms with Gasteiger partial charge in [0.25, 0.3) is 0 Å². The molecule has 0 aliphatic carbocycles. The number of ether oxygens (including phenoxy) is 1. The number of carbonyl (C=O) groups excluding carboxylic acids is 1. The van der Waals surface area contributed by atoms with E-state index in [1.54, 1.807) is 6.07 Å². The van der Waals surface area contributed by atoms with Crippen molar-refractivity contribution in [2.75, 3.05) is 5.32 Å². The maximum atomic E-state index is 14.1. The van der Waals surface area contributed by atoms with E-state index < -0.39 is 17.9 Å². The van der Waals surface area contributed by atoms with Gasteiger partial charge in [-0.25, -0.2) is 4.79 Å². The van der Waals surface area contributed by atoms with Crippen LogP contribution in [0.1, 0.15) is 32.3 Å². The van der Waals surface area contributed by atoms with E-state index >= 15 is 0 Å². The minimum atomic E-state index is -4.72. The van der Waals surface area contributed by atoms with Crippen molar-refractivity contribution in [1.29, 1.82) is 0 Å². The Balaban J connectivity index is 2.16. The Hall–Kier alpha value is -2.50. The second-order valence-electron chi connectivity index (χ2n) is 6.90. The van der Waals surface area contributed by atoms with Crippen molar-refractivity contribution >= 4 is 11.8 Å². The Kier molecular flexibility index (Phi) is 4.69. The van der Waals surface area contributed by atoms with Crippen LogP contribution >= 0.6 is 0 Å². The fraction of sp³-hybridized carbons (Fsp3) is 0.350. The first-order valence-electron chi connectivity index (χ1n) is 8.49. The van der Waals surface area contributed by atoms with Crippen LogP contribution in [0.15, 0.2) is 48.5 Å². The highest BCUT2D eigenvalue weighted by Gasteiger charge is 2.61. The number of carbonyl (C=O) groups is 1. The summed E-state index contributed by atoms with van der Waals surface area (Å²) in [4.78, 5) is 11.9. The first-order valence-corrected chi connectivity index (χ1v) is 8.49. The number of fused-ring (bicyclic) bond motifs is 1. The van der Waals surface area contributed by atoms with Gasteiger partial charge in [-0.15, -0.1) is 0 Å². The molecule has 1 N–H and O–H groups in total. The Morgan fingerprint density at radius 3 is 2.38 bits per heavy atom. The van der Waals surface area contributed by atoms with Crippen molar-refractivity contribution in [3.8, 4) is 11.1 Å². The summed E-state index contributed by atoms with van der Waals surface area (Å²) in [7, 11) is 0. The number of halogens is 3. The number of cyclic esters (lactones) is 1. The number of hydrogen-bond acceptors (Lipinski definition) is 2. The highest BCUT2D eigenvalue weighted by molar-refractivity contribution is 5.90. The summed E-state index contributed by atoms with van der Waals surface area (Å²) in [6.45, 7) is 3.68. The molecule has 1 atom stereocenters. The fourth-order valence-electron chi connectivity index (χ4n) is 3.18. The summed E-state index contributed by atoms with van der Waals surface area (Å²) in [5.74, 6) is 0.0450. The number of nitrogens with one attached hydrogen (secondary N) is 1. The molecule has 0 saturated heterocycles. The van der Waals surface area contributed by atoms with Gasteiger partial charge in [0.15, 0.2) is 0 Å². The van der Waals surface area contributed by atoms with Gasteiger partial charge < -0.3 is 4.74 Å². The summed E-state index contributed by atoms with van der Waals surface area (Å²) in [6.07, 6.45) is -5.83. The van der Waals surface area contributed by atoms with E-state index in [1.165, 1.54) is 12.1 Å². The van der Waals surface area contributed by atoms with Crippen LogP contribution in [0.2, 0.25) is 0 Å². The normalized spacial score (nSPS) is 19.7. The van der Waals surface area contributed by atoms with Crippen molar-refractivity contribution < 1.29 is 22.7 Å². The average molecular weight is 363 g/mol. The molecule has 0 saturated carbocycles. The minimum absolute atomic E-state index is 0.0450. The standard InChI is InChI=1S/C20H20F3NO2/c1-13(2)10-11-19(20(21,22)23)16-12-15(14-6-4-3-5-7-14)8-9-17(16)24-18(25)26-19/h3-9,12-13H,10-11H2,1-2H3,(H,24,25). The number of alkyl halides is 3. The van der Waals surface area contributed by atoms with Crippen molar-refractivity contribution in [3.05, 3.63) is 54.1 Å². The first kappa shape index (κ1) is 18.3. The molecule has 26 heavy (non-hydrogen) atoms. The molecule has 3 nitrogen and oxygen atoms in total. The first-order chi connectivity index (χ1) is 12.2. The Morgan fingerprint density at radius 2 is 1.77 bits per heavy atom. The molecule has 0 aromatic heterocycles. The lowest BCUT2D eigenvalue weighted by molar-refractivity contribution is -0.268. The highest BCUT2D eigenvalue weighted by Crippen LogP contribution is 2.51. The van der Waals surface area contributed by atoms with Crippen molar-refractivity contribution in [1.82, 2.24) is 0 Å². The summed E-state index contributed by atoms with van der Waals surface area (Å²) in [5, 5.41) is 2.39. The van der Waals surface area contributed by atoms with E-state index in [0.717, 1.165) is 5.56 Å². The molecule has 1 aliphatic rings. The van der Waals surface area contributed by atoms with E-state index in [2.05, 4.69) is 5.32 Å². The molecule has 138 valence electrons. The molecule has 0 radical (unpaired) electrons. The second kappa shape index (κ2) is 6.67. The second-order valence-corrected chi connectivity index (χ2v) is 6.90. The number of rotatable bonds is 4. The lowest BCUT2D eigenvalue weighted by atomic mass is 9.82. The van der Waals surface area contributed by atoms with Gasteiger partial charge in [-0.2, -0.15) is 13.2 Å². The Bertz CT molecular complexity index is 802. The van der Waals surface area contributed by atoms with Gasteiger partial charge in [-0.3, -0.25) is 5.32 Å². The van der Waals surface area contributed by atoms with Crippen molar-refractivity contribution in [2.24, 2.45) is 5.92 Å². The molecular weight excluding hydrogens is 343 g/mol. The van der Waals surface area contributed by atoms with Gasteiger partial charge in [-0.05, 0) is 35.6 Å². The summed E-state index contributed by atoms with van der Waals surface area (Å²) in [5.41, 5.74) is -1.11. The number of anilines is 1. The third-order valence-electron chi connectivity index (χ3n) is 4.60. The fourth-order valence-corrected chi connectivity index (χ4v) is 3.18. The molecule has 1 heterocycles. The minimum Gasteiger partial charge on any atom is -0.428 e. The largest absolute Gasteiger partial charge is 0.432 e. The van der Waals surface area contributed by atoms with Gasteiger partial charge in [0, 0.05) is 12.0 Å². The van der Waals surface area contributed by atoms with Crippen LogP contribution in [0, 0.1) is 5.92 Å². The predicted octanol–water partition coefficient (Wildman–Crippen LogP) is 6.11. The maximum absolute atomic E-state index is 14.1. The molecule has 0 bridgehead atoms. The van der Waals surface area contributed by atoms with E-state index in [4.69, 9.17) is 4.74 Å². The van der Waals surface area contributed by atoms with Crippen LogP contribution in [0.4, 0.5) is 23.7 Å².